The fourth-order valence-corrected chi connectivity index (χ4v) is 3.13. The Bertz CT molecular complexity index is 1030. The topological polar surface area (TPSA) is 126 Å². The van der Waals surface area contributed by atoms with E-state index in [1.165, 1.54) is 36.5 Å². The van der Waals surface area contributed by atoms with Crippen LogP contribution in [-0.2, 0) is 12.2 Å². The van der Waals surface area contributed by atoms with Crippen LogP contribution in [-0.4, -0.2) is 27.7 Å². The molecule has 0 aliphatic heterocycles. The molecule has 0 saturated carbocycles. The summed E-state index contributed by atoms with van der Waals surface area (Å²) in [7, 11) is 0. The molecular weight excluding hydrogens is 372 g/mol. The minimum absolute atomic E-state index is 0.0359. The van der Waals surface area contributed by atoms with Crippen molar-refractivity contribution in [2.75, 3.05) is 6.61 Å². The van der Waals surface area contributed by atoms with E-state index in [9.17, 15) is 19.8 Å². The summed E-state index contributed by atoms with van der Waals surface area (Å²) in [6, 6.07) is 16.6. The van der Waals surface area contributed by atoms with E-state index in [1.807, 2.05) is 30.3 Å². The molecule has 1 amide bonds. The molecule has 0 fully saturated rings. The van der Waals surface area contributed by atoms with E-state index in [1.54, 1.807) is 0 Å². The highest BCUT2D eigenvalue weighted by atomic mass is 16.5. The standard InChI is InChI=1S/C22H22N2O5/c23-21(27)16-6-8-17(9-7-16)22(28,11-13-25)20-19(18(26)10-12-24-20)29-14-15-4-2-1-3-5-15/h1-10,12,25,28H,11,13-14H2,(H2,23,27)(H,24,26). The molecule has 5 N–H and O–H groups in total. The summed E-state index contributed by atoms with van der Waals surface area (Å²) >= 11 is 0. The minimum atomic E-state index is -1.74. The molecule has 3 aromatic rings. The van der Waals surface area contributed by atoms with Gasteiger partial charge < -0.3 is 25.7 Å². The molecule has 0 aliphatic rings. The number of aliphatic hydroxyl groups excluding tert-OH is 1. The van der Waals surface area contributed by atoms with Crippen LogP contribution in [0.25, 0.3) is 0 Å². The third kappa shape index (κ3) is 4.37. The molecule has 7 heteroatoms. The Hall–Kier alpha value is -3.42. The smallest absolute Gasteiger partial charge is 0.248 e. The Morgan fingerprint density at radius 3 is 2.38 bits per heavy atom. The van der Waals surface area contributed by atoms with E-state index in [0.717, 1.165) is 5.56 Å². The highest BCUT2D eigenvalue weighted by Gasteiger charge is 2.36. The second-order valence-corrected chi connectivity index (χ2v) is 6.60. The lowest BCUT2D eigenvalue weighted by molar-refractivity contribution is 0.0433. The van der Waals surface area contributed by atoms with Crippen LogP contribution in [0, 0.1) is 0 Å². The molecule has 0 bridgehead atoms. The zero-order valence-electron chi connectivity index (χ0n) is 15.7. The van der Waals surface area contributed by atoms with Gasteiger partial charge >= 0.3 is 0 Å². The van der Waals surface area contributed by atoms with Gasteiger partial charge in [-0.25, -0.2) is 0 Å². The predicted octanol–water partition coefficient (Wildman–Crippen LogP) is 1.67. The second kappa shape index (κ2) is 8.72. The zero-order valence-corrected chi connectivity index (χ0v) is 15.7. The van der Waals surface area contributed by atoms with E-state index in [4.69, 9.17) is 10.5 Å². The summed E-state index contributed by atoms with van der Waals surface area (Å²) in [5, 5.41) is 21.0. The number of benzene rings is 2. The molecule has 3 rings (SSSR count). The molecule has 150 valence electrons. The molecule has 2 aromatic carbocycles. The Labute approximate surface area is 167 Å². The van der Waals surface area contributed by atoms with Crippen LogP contribution < -0.4 is 15.9 Å². The average molecular weight is 394 g/mol. The van der Waals surface area contributed by atoms with Crippen molar-refractivity contribution in [3.05, 3.63) is 99.5 Å². The minimum Gasteiger partial charge on any atom is -0.483 e. The van der Waals surface area contributed by atoms with Gasteiger partial charge in [-0.2, -0.15) is 0 Å². The SMILES string of the molecule is NC(=O)c1ccc(C(O)(CCO)c2[nH]ccc(=O)c2OCc2ccccc2)cc1. The summed E-state index contributed by atoms with van der Waals surface area (Å²) in [6.07, 6.45) is 1.32. The number of carbonyl (C=O) groups excluding carboxylic acids is 1. The lowest BCUT2D eigenvalue weighted by Crippen LogP contribution is -2.32. The highest BCUT2D eigenvalue weighted by Crippen LogP contribution is 2.35. The van der Waals surface area contributed by atoms with Gasteiger partial charge in [0.1, 0.15) is 12.2 Å². The number of aromatic nitrogens is 1. The molecule has 0 spiro atoms. The molecular formula is C22H22N2O5. The summed E-state index contributed by atoms with van der Waals surface area (Å²) in [5.41, 5.74) is 4.77. The first-order chi connectivity index (χ1) is 14.0. The van der Waals surface area contributed by atoms with Crippen molar-refractivity contribution >= 4 is 5.91 Å². The summed E-state index contributed by atoms with van der Waals surface area (Å²) in [6.45, 7) is -0.208. The van der Waals surface area contributed by atoms with Gasteiger partial charge in [0.05, 0.1) is 5.69 Å². The maximum absolute atomic E-state index is 12.5. The van der Waals surface area contributed by atoms with Gasteiger partial charge in [0.2, 0.25) is 11.3 Å². The predicted molar refractivity (Wildman–Crippen MR) is 107 cm³/mol. The number of pyridine rings is 1. The van der Waals surface area contributed by atoms with Crippen LogP contribution in [0.4, 0.5) is 0 Å². The van der Waals surface area contributed by atoms with Gasteiger partial charge in [0.15, 0.2) is 5.75 Å². The van der Waals surface area contributed by atoms with Crippen LogP contribution in [0.2, 0.25) is 0 Å². The number of aliphatic hydroxyl groups is 2. The van der Waals surface area contributed by atoms with Crippen molar-refractivity contribution in [1.82, 2.24) is 4.98 Å². The van der Waals surface area contributed by atoms with E-state index >= 15 is 0 Å². The van der Waals surface area contributed by atoms with E-state index in [0.29, 0.717) is 5.56 Å². The number of aromatic amines is 1. The third-order valence-electron chi connectivity index (χ3n) is 4.67. The number of carbonyl (C=O) groups is 1. The van der Waals surface area contributed by atoms with Crippen LogP contribution in [0.5, 0.6) is 5.75 Å². The van der Waals surface area contributed by atoms with Gasteiger partial charge in [-0.05, 0) is 23.3 Å². The lowest BCUT2D eigenvalue weighted by Gasteiger charge is -2.29. The summed E-state index contributed by atoms with van der Waals surface area (Å²) < 4.78 is 5.77. The van der Waals surface area contributed by atoms with Gasteiger partial charge in [0, 0.05) is 30.9 Å². The molecule has 29 heavy (non-hydrogen) atoms. The number of nitrogens with two attached hydrogens (primary N) is 1. The number of primary amides is 1. The van der Waals surface area contributed by atoms with Crippen molar-refractivity contribution in [2.45, 2.75) is 18.6 Å². The highest BCUT2D eigenvalue weighted by molar-refractivity contribution is 5.92. The molecule has 0 saturated heterocycles. The van der Waals surface area contributed by atoms with Crippen LogP contribution in [0.3, 0.4) is 0 Å². The van der Waals surface area contributed by atoms with Crippen molar-refractivity contribution < 1.29 is 19.7 Å². The molecule has 1 atom stereocenters. The Balaban J connectivity index is 2.03. The number of amides is 1. The number of nitrogens with one attached hydrogen (secondary N) is 1. The number of ether oxygens (including phenoxy) is 1. The molecule has 7 nitrogen and oxygen atoms in total. The van der Waals surface area contributed by atoms with Crippen LogP contribution in [0.15, 0.2) is 71.7 Å². The maximum Gasteiger partial charge on any atom is 0.248 e. The first-order valence-corrected chi connectivity index (χ1v) is 9.08. The van der Waals surface area contributed by atoms with Gasteiger partial charge in [0.25, 0.3) is 0 Å². The molecule has 0 aliphatic carbocycles. The fraction of sp³-hybridized carbons (Fsp3) is 0.182. The number of hydrogen-bond acceptors (Lipinski definition) is 5. The van der Waals surface area contributed by atoms with Crippen molar-refractivity contribution in [1.29, 1.82) is 0 Å². The lowest BCUT2D eigenvalue weighted by atomic mass is 9.86. The normalized spacial score (nSPS) is 12.9. The summed E-state index contributed by atoms with van der Waals surface area (Å²) in [4.78, 5) is 26.7. The van der Waals surface area contributed by atoms with Crippen molar-refractivity contribution in [2.24, 2.45) is 5.73 Å². The number of hydrogen-bond donors (Lipinski definition) is 4. The molecule has 1 aromatic heterocycles. The molecule has 1 unspecified atom stereocenters. The first kappa shape index (κ1) is 20.3. The Morgan fingerprint density at radius 2 is 1.76 bits per heavy atom. The van der Waals surface area contributed by atoms with E-state index in [-0.39, 0.29) is 36.6 Å². The Morgan fingerprint density at radius 1 is 1.07 bits per heavy atom. The summed E-state index contributed by atoms with van der Waals surface area (Å²) in [5.74, 6) is -0.631. The van der Waals surface area contributed by atoms with E-state index in [2.05, 4.69) is 4.98 Å². The van der Waals surface area contributed by atoms with E-state index < -0.39 is 16.9 Å². The Kier molecular flexibility index (Phi) is 6.11. The average Bonchev–Trinajstić information content (AvgIpc) is 2.73. The van der Waals surface area contributed by atoms with Crippen LogP contribution >= 0.6 is 0 Å². The van der Waals surface area contributed by atoms with Gasteiger partial charge in [-0.1, -0.05) is 42.5 Å². The van der Waals surface area contributed by atoms with Crippen LogP contribution in [0.1, 0.15) is 33.6 Å². The quantitative estimate of drug-likeness (QED) is 0.462. The monoisotopic (exact) mass is 394 g/mol. The van der Waals surface area contributed by atoms with Crippen molar-refractivity contribution in [3.63, 3.8) is 0 Å². The van der Waals surface area contributed by atoms with Gasteiger partial charge in [-0.3, -0.25) is 9.59 Å². The molecule has 0 radical (unpaired) electrons. The first-order valence-electron chi connectivity index (χ1n) is 9.08. The third-order valence-corrected chi connectivity index (χ3v) is 4.67. The zero-order chi connectivity index (χ0) is 20.9. The number of rotatable bonds is 8. The second-order valence-electron chi connectivity index (χ2n) is 6.60. The molecule has 1 heterocycles. The fourth-order valence-electron chi connectivity index (χ4n) is 3.13. The largest absolute Gasteiger partial charge is 0.483 e. The number of H-pyrrole nitrogens is 1. The van der Waals surface area contributed by atoms with Gasteiger partial charge in [-0.15, -0.1) is 0 Å². The van der Waals surface area contributed by atoms with Crippen molar-refractivity contribution in [3.8, 4) is 5.75 Å². The maximum atomic E-state index is 12.5.